The molecule has 30 heavy (non-hydrogen) atoms. The molecule has 6 nitrogen and oxygen atoms in total. The van der Waals surface area contributed by atoms with E-state index in [0.29, 0.717) is 0 Å². The first-order chi connectivity index (χ1) is 14.7. The smallest absolute Gasteiger partial charge is 0.199 e. The lowest BCUT2D eigenvalue weighted by Gasteiger charge is -2.35. The Morgan fingerprint density at radius 3 is 2.30 bits per heavy atom. The zero-order chi connectivity index (χ0) is 20.9. The van der Waals surface area contributed by atoms with Gasteiger partial charge in [-0.15, -0.1) is 0 Å². The minimum atomic E-state index is 0.740. The average Bonchev–Trinajstić information content (AvgIpc) is 3.08. The van der Waals surface area contributed by atoms with E-state index in [0.717, 1.165) is 62.2 Å². The van der Waals surface area contributed by atoms with Crippen LogP contribution >= 0.6 is 12.2 Å². The molecule has 0 spiro atoms. The van der Waals surface area contributed by atoms with Crippen LogP contribution in [0.5, 0.6) is 5.75 Å². The van der Waals surface area contributed by atoms with E-state index < -0.39 is 0 Å². The van der Waals surface area contributed by atoms with Crippen LogP contribution in [-0.2, 0) is 19.6 Å². The maximum atomic E-state index is 5.73. The first kappa shape index (κ1) is 20.6. The van der Waals surface area contributed by atoms with E-state index in [1.165, 1.54) is 11.3 Å². The van der Waals surface area contributed by atoms with E-state index in [9.17, 15) is 0 Å². The van der Waals surface area contributed by atoms with Crippen LogP contribution in [-0.4, -0.2) is 52.5 Å². The molecule has 0 unspecified atom stereocenters. The van der Waals surface area contributed by atoms with E-state index in [1.54, 1.807) is 7.11 Å². The predicted octanol–water partition coefficient (Wildman–Crippen LogP) is 3.81. The summed E-state index contributed by atoms with van der Waals surface area (Å²) in [6.07, 6.45) is 0.802. The average molecular weight is 424 g/mol. The van der Waals surface area contributed by atoms with Gasteiger partial charge < -0.3 is 14.2 Å². The highest BCUT2D eigenvalue weighted by atomic mass is 32.1. The third kappa shape index (κ3) is 4.57. The molecule has 2 heterocycles. The summed E-state index contributed by atoms with van der Waals surface area (Å²) in [6, 6.07) is 18.8. The SMILES string of the molecule is CCn1c(Cc2ccccc2)nn(CN2CCN(c3ccc(OC)cc3)CC2)c1=S. The van der Waals surface area contributed by atoms with Gasteiger partial charge in [-0.25, -0.2) is 4.68 Å². The van der Waals surface area contributed by atoms with Crippen molar-refractivity contribution in [3.63, 3.8) is 0 Å². The minimum Gasteiger partial charge on any atom is -0.497 e. The van der Waals surface area contributed by atoms with E-state index in [1.807, 2.05) is 22.9 Å². The number of rotatable bonds is 7. The summed E-state index contributed by atoms with van der Waals surface area (Å²) >= 11 is 5.73. The number of aromatic nitrogens is 3. The molecule has 7 heteroatoms. The Kier molecular flexibility index (Phi) is 6.50. The molecule has 4 rings (SSSR count). The molecule has 0 radical (unpaired) electrons. The molecular weight excluding hydrogens is 394 g/mol. The maximum absolute atomic E-state index is 5.73. The summed E-state index contributed by atoms with van der Waals surface area (Å²) in [5.74, 6) is 1.93. The zero-order valence-electron chi connectivity index (χ0n) is 17.7. The topological polar surface area (TPSA) is 38.5 Å². The number of benzene rings is 2. The molecule has 0 aliphatic carbocycles. The fourth-order valence-electron chi connectivity index (χ4n) is 3.93. The Morgan fingerprint density at radius 2 is 1.67 bits per heavy atom. The van der Waals surface area contributed by atoms with Gasteiger partial charge in [-0.3, -0.25) is 4.90 Å². The van der Waals surface area contributed by atoms with Gasteiger partial charge in [0.05, 0.1) is 13.8 Å². The molecule has 3 aromatic rings. The largest absolute Gasteiger partial charge is 0.497 e. The van der Waals surface area contributed by atoms with Crippen molar-refractivity contribution in [3.05, 3.63) is 70.8 Å². The van der Waals surface area contributed by atoms with Crippen LogP contribution in [0.4, 0.5) is 5.69 Å². The fourth-order valence-corrected chi connectivity index (χ4v) is 4.27. The monoisotopic (exact) mass is 423 g/mol. The molecule has 1 fully saturated rings. The molecule has 0 amide bonds. The lowest BCUT2D eigenvalue weighted by molar-refractivity contribution is 0.194. The Balaban J connectivity index is 1.40. The van der Waals surface area contributed by atoms with Gasteiger partial charge in [0.1, 0.15) is 11.6 Å². The van der Waals surface area contributed by atoms with Gasteiger partial charge in [0, 0.05) is 44.8 Å². The highest BCUT2D eigenvalue weighted by Crippen LogP contribution is 2.20. The third-order valence-electron chi connectivity index (χ3n) is 5.66. The number of nitrogens with zero attached hydrogens (tertiary/aromatic N) is 5. The zero-order valence-corrected chi connectivity index (χ0v) is 18.5. The van der Waals surface area contributed by atoms with Crippen molar-refractivity contribution in [1.29, 1.82) is 0 Å². The van der Waals surface area contributed by atoms with Crippen LogP contribution in [0.15, 0.2) is 54.6 Å². The van der Waals surface area contributed by atoms with E-state index in [2.05, 4.69) is 57.7 Å². The summed E-state index contributed by atoms with van der Waals surface area (Å²) in [5, 5.41) is 4.87. The summed E-state index contributed by atoms with van der Waals surface area (Å²) in [7, 11) is 1.70. The van der Waals surface area contributed by atoms with Gasteiger partial charge in [-0.1, -0.05) is 30.3 Å². The van der Waals surface area contributed by atoms with Gasteiger partial charge in [0.2, 0.25) is 0 Å². The van der Waals surface area contributed by atoms with Gasteiger partial charge in [-0.05, 0) is 49.0 Å². The number of anilines is 1. The van der Waals surface area contributed by atoms with Crippen molar-refractivity contribution in [2.75, 3.05) is 38.2 Å². The lowest BCUT2D eigenvalue weighted by atomic mass is 10.1. The normalized spacial score (nSPS) is 14.8. The summed E-state index contributed by atoms with van der Waals surface area (Å²) < 4.78 is 10.2. The fraction of sp³-hybridized carbons (Fsp3) is 0.391. The van der Waals surface area contributed by atoms with Gasteiger partial charge in [0.15, 0.2) is 4.77 Å². The molecule has 0 bridgehead atoms. The van der Waals surface area contributed by atoms with Crippen LogP contribution in [0.2, 0.25) is 0 Å². The summed E-state index contributed by atoms with van der Waals surface area (Å²) in [5.41, 5.74) is 2.50. The quantitative estimate of drug-likeness (QED) is 0.540. The Morgan fingerprint density at radius 1 is 0.967 bits per heavy atom. The molecular formula is C23H29N5OS. The molecule has 2 aromatic carbocycles. The highest BCUT2D eigenvalue weighted by molar-refractivity contribution is 7.71. The van der Waals surface area contributed by atoms with Crippen LogP contribution < -0.4 is 9.64 Å². The van der Waals surface area contributed by atoms with Crippen LogP contribution in [0.3, 0.4) is 0 Å². The van der Waals surface area contributed by atoms with E-state index in [4.69, 9.17) is 22.1 Å². The summed E-state index contributed by atoms with van der Waals surface area (Å²) in [6.45, 7) is 7.66. The number of ether oxygens (including phenoxy) is 1. The molecule has 0 atom stereocenters. The van der Waals surface area contributed by atoms with Crippen LogP contribution in [0.1, 0.15) is 18.3 Å². The second kappa shape index (κ2) is 9.45. The predicted molar refractivity (Wildman–Crippen MR) is 123 cm³/mol. The van der Waals surface area contributed by atoms with E-state index >= 15 is 0 Å². The molecule has 0 N–H and O–H groups in total. The molecule has 1 aliphatic heterocycles. The minimum absolute atomic E-state index is 0.740. The van der Waals surface area contributed by atoms with Crippen molar-refractivity contribution in [3.8, 4) is 5.75 Å². The number of piperazine rings is 1. The standard InChI is InChI=1S/C23H29N5OS/c1-3-27-22(17-19-7-5-4-6-8-19)24-28(23(27)30)18-25-13-15-26(16-14-25)20-9-11-21(29-2)12-10-20/h4-12H,3,13-18H2,1-2H3. The number of hydrogen-bond donors (Lipinski definition) is 0. The molecule has 1 aromatic heterocycles. The van der Waals surface area contributed by atoms with Crippen LogP contribution in [0.25, 0.3) is 0 Å². The van der Waals surface area contributed by atoms with Crippen molar-refractivity contribution in [2.45, 2.75) is 26.6 Å². The molecule has 1 aliphatic rings. The first-order valence-corrected chi connectivity index (χ1v) is 10.9. The van der Waals surface area contributed by atoms with Crippen molar-refractivity contribution in [1.82, 2.24) is 19.2 Å². The molecule has 158 valence electrons. The Hall–Kier alpha value is -2.64. The lowest BCUT2D eigenvalue weighted by Crippen LogP contribution is -2.47. The Labute approximate surface area is 183 Å². The highest BCUT2D eigenvalue weighted by Gasteiger charge is 2.19. The van der Waals surface area contributed by atoms with E-state index in [-0.39, 0.29) is 0 Å². The number of methoxy groups -OCH3 is 1. The second-order valence-corrected chi connectivity index (χ2v) is 7.91. The maximum Gasteiger partial charge on any atom is 0.199 e. The van der Waals surface area contributed by atoms with Gasteiger partial charge in [0.25, 0.3) is 0 Å². The van der Waals surface area contributed by atoms with Crippen molar-refractivity contribution in [2.24, 2.45) is 0 Å². The van der Waals surface area contributed by atoms with Crippen LogP contribution in [0, 0.1) is 4.77 Å². The van der Waals surface area contributed by atoms with Gasteiger partial charge >= 0.3 is 0 Å². The first-order valence-electron chi connectivity index (χ1n) is 10.5. The van der Waals surface area contributed by atoms with Crippen molar-refractivity contribution < 1.29 is 4.74 Å². The molecule has 1 saturated heterocycles. The van der Waals surface area contributed by atoms with Gasteiger partial charge in [-0.2, -0.15) is 5.10 Å². The number of hydrogen-bond acceptors (Lipinski definition) is 5. The third-order valence-corrected chi connectivity index (χ3v) is 6.10. The Bertz CT molecular complexity index is 1000. The van der Waals surface area contributed by atoms with Crippen molar-refractivity contribution >= 4 is 17.9 Å². The molecule has 0 saturated carbocycles. The summed E-state index contributed by atoms with van der Waals surface area (Å²) in [4.78, 5) is 4.84. The second-order valence-electron chi connectivity index (χ2n) is 7.55.